The molecule has 0 atom stereocenters. The van der Waals surface area contributed by atoms with Crippen molar-refractivity contribution < 1.29 is 4.79 Å². The number of carbonyl (C=O) groups is 1. The first kappa shape index (κ1) is 12.4. The number of rotatable bonds is 2. The lowest BCUT2D eigenvalue weighted by Gasteiger charge is -2.14. The predicted octanol–water partition coefficient (Wildman–Crippen LogP) is 3.61. The van der Waals surface area contributed by atoms with Crippen molar-refractivity contribution in [1.29, 1.82) is 0 Å². The van der Waals surface area contributed by atoms with E-state index in [1.54, 1.807) is 6.07 Å². The Morgan fingerprint density at radius 2 is 2.11 bits per heavy atom. The fourth-order valence-corrected chi connectivity index (χ4v) is 2.94. The second kappa shape index (κ2) is 4.82. The number of hydrogen-bond acceptors (Lipinski definition) is 2. The molecule has 0 unspecified atom stereocenters. The molecular formula is C15H15ClN2O. The third kappa shape index (κ3) is 2.19. The van der Waals surface area contributed by atoms with Crippen molar-refractivity contribution in [3.05, 3.63) is 46.5 Å². The van der Waals surface area contributed by atoms with Gasteiger partial charge in [-0.15, -0.1) is 0 Å². The van der Waals surface area contributed by atoms with Gasteiger partial charge in [-0.05, 0) is 50.8 Å². The number of fused-ring (bicyclic) bond motifs is 1. The summed E-state index contributed by atoms with van der Waals surface area (Å²) in [5.41, 5.74) is 4.01. The Bertz CT molecular complexity index is 646. The van der Waals surface area contributed by atoms with Crippen molar-refractivity contribution >= 4 is 17.4 Å². The highest BCUT2D eigenvalue weighted by molar-refractivity contribution is 6.34. The van der Waals surface area contributed by atoms with Gasteiger partial charge >= 0.3 is 0 Å². The highest BCUT2D eigenvalue weighted by Gasteiger charge is 2.16. The lowest BCUT2D eigenvalue weighted by molar-refractivity contribution is 0.101. The summed E-state index contributed by atoms with van der Waals surface area (Å²) in [6.07, 6.45) is 6.39. The molecule has 3 nitrogen and oxygen atoms in total. The molecule has 4 heteroatoms. The lowest BCUT2D eigenvalue weighted by Crippen LogP contribution is -2.07. The molecule has 0 saturated carbocycles. The van der Waals surface area contributed by atoms with Gasteiger partial charge in [0.2, 0.25) is 0 Å². The van der Waals surface area contributed by atoms with Crippen LogP contribution in [0.1, 0.15) is 41.5 Å². The largest absolute Gasteiger partial charge is 0.303 e. The highest BCUT2D eigenvalue weighted by Crippen LogP contribution is 2.26. The van der Waals surface area contributed by atoms with Crippen molar-refractivity contribution in [2.75, 3.05) is 0 Å². The zero-order valence-corrected chi connectivity index (χ0v) is 11.6. The third-order valence-corrected chi connectivity index (χ3v) is 3.95. The SMILES string of the molecule is CC(=O)c1ccc(-n2cnc3c2CCCC3)cc1Cl. The molecule has 1 aliphatic rings. The molecular weight excluding hydrogens is 260 g/mol. The van der Waals surface area contributed by atoms with E-state index in [1.807, 2.05) is 18.5 Å². The summed E-state index contributed by atoms with van der Waals surface area (Å²) in [4.78, 5) is 15.9. The molecule has 19 heavy (non-hydrogen) atoms. The molecule has 0 amide bonds. The van der Waals surface area contributed by atoms with E-state index in [9.17, 15) is 4.79 Å². The average Bonchev–Trinajstić information content (AvgIpc) is 2.82. The zero-order valence-electron chi connectivity index (χ0n) is 10.8. The molecule has 0 saturated heterocycles. The number of hydrogen-bond donors (Lipinski definition) is 0. The number of nitrogens with zero attached hydrogens (tertiary/aromatic N) is 2. The molecule has 1 aromatic heterocycles. The molecule has 1 aromatic carbocycles. The molecule has 0 spiro atoms. The fourth-order valence-electron chi connectivity index (χ4n) is 2.63. The molecule has 1 aliphatic carbocycles. The number of halogens is 1. The van der Waals surface area contributed by atoms with Crippen LogP contribution in [0.25, 0.3) is 5.69 Å². The Labute approximate surface area is 117 Å². The average molecular weight is 275 g/mol. The second-order valence-electron chi connectivity index (χ2n) is 4.94. The summed E-state index contributed by atoms with van der Waals surface area (Å²) in [5, 5.41) is 0.503. The van der Waals surface area contributed by atoms with Crippen LogP contribution in [0.15, 0.2) is 24.5 Å². The van der Waals surface area contributed by atoms with Crippen molar-refractivity contribution in [1.82, 2.24) is 9.55 Å². The van der Waals surface area contributed by atoms with Gasteiger partial charge in [0.15, 0.2) is 5.78 Å². The third-order valence-electron chi connectivity index (χ3n) is 3.64. The van der Waals surface area contributed by atoms with E-state index in [2.05, 4.69) is 9.55 Å². The van der Waals surface area contributed by atoms with Gasteiger partial charge in [0.1, 0.15) is 0 Å². The van der Waals surface area contributed by atoms with Crippen molar-refractivity contribution in [3.8, 4) is 5.69 Å². The zero-order chi connectivity index (χ0) is 13.4. The molecule has 0 radical (unpaired) electrons. The standard InChI is InChI=1S/C15H15ClN2O/c1-10(19)12-7-6-11(8-13(12)16)18-9-17-14-4-2-3-5-15(14)18/h6-9H,2-5H2,1H3. The Balaban J connectivity index is 2.05. The Kier molecular flexibility index (Phi) is 3.15. The van der Waals surface area contributed by atoms with Gasteiger partial charge in [-0.2, -0.15) is 0 Å². The van der Waals surface area contributed by atoms with Gasteiger partial charge in [-0.1, -0.05) is 11.6 Å². The number of benzene rings is 1. The monoisotopic (exact) mass is 274 g/mol. The second-order valence-corrected chi connectivity index (χ2v) is 5.34. The molecule has 98 valence electrons. The highest BCUT2D eigenvalue weighted by atomic mass is 35.5. The van der Waals surface area contributed by atoms with Crippen LogP contribution in [0.3, 0.4) is 0 Å². The number of imidazole rings is 1. The van der Waals surface area contributed by atoms with Gasteiger partial charge in [0.05, 0.1) is 17.0 Å². The Hall–Kier alpha value is -1.61. The van der Waals surface area contributed by atoms with Gasteiger partial charge < -0.3 is 4.57 Å². The van der Waals surface area contributed by atoms with E-state index in [4.69, 9.17) is 11.6 Å². The van der Waals surface area contributed by atoms with E-state index < -0.39 is 0 Å². The van der Waals surface area contributed by atoms with Gasteiger partial charge in [0.25, 0.3) is 0 Å². The van der Waals surface area contributed by atoms with Crippen molar-refractivity contribution in [3.63, 3.8) is 0 Å². The van der Waals surface area contributed by atoms with Crippen LogP contribution in [-0.2, 0) is 12.8 Å². The quantitative estimate of drug-likeness (QED) is 0.784. The van der Waals surface area contributed by atoms with Gasteiger partial charge in [0, 0.05) is 16.9 Å². The molecule has 0 N–H and O–H groups in total. The van der Waals surface area contributed by atoms with Crippen LogP contribution in [0.5, 0.6) is 0 Å². The number of Topliss-reactive ketones (excluding diaryl/α,β-unsaturated/α-hetero) is 1. The van der Waals surface area contributed by atoms with Gasteiger partial charge in [-0.25, -0.2) is 4.98 Å². The van der Waals surface area contributed by atoms with E-state index in [0.717, 1.165) is 18.5 Å². The van der Waals surface area contributed by atoms with Gasteiger partial charge in [-0.3, -0.25) is 4.79 Å². The number of ketones is 1. The van der Waals surface area contributed by atoms with Crippen molar-refractivity contribution in [2.24, 2.45) is 0 Å². The van der Waals surface area contributed by atoms with Crippen molar-refractivity contribution in [2.45, 2.75) is 32.6 Å². The summed E-state index contributed by atoms with van der Waals surface area (Å²) in [5.74, 6) is -0.00999. The summed E-state index contributed by atoms with van der Waals surface area (Å²) >= 11 is 6.17. The summed E-state index contributed by atoms with van der Waals surface area (Å²) in [6.45, 7) is 1.53. The van der Waals surface area contributed by atoms with E-state index >= 15 is 0 Å². The first-order chi connectivity index (χ1) is 9.16. The van der Waals surface area contributed by atoms with Crippen LogP contribution >= 0.6 is 11.6 Å². The first-order valence-electron chi connectivity index (χ1n) is 6.53. The topological polar surface area (TPSA) is 34.9 Å². The Morgan fingerprint density at radius 3 is 2.84 bits per heavy atom. The molecule has 0 fully saturated rings. The lowest BCUT2D eigenvalue weighted by atomic mass is 10.0. The minimum absolute atomic E-state index is 0.00999. The van der Waals surface area contributed by atoms with Crippen LogP contribution in [0.2, 0.25) is 5.02 Å². The molecule has 3 rings (SSSR count). The van der Waals surface area contributed by atoms with E-state index in [-0.39, 0.29) is 5.78 Å². The van der Waals surface area contributed by atoms with E-state index in [0.29, 0.717) is 10.6 Å². The molecule has 0 bridgehead atoms. The fraction of sp³-hybridized carbons (Fsp3) is 0.333. The molecule has 2 aromatic rings. The van der Waals surface area contributed by atoms with Crippen LogP contribution in [-0.4, -0.2) is 15.3 Å². The number of aromatic nitrogens is 2. The molecule has 1 heterocycles. The minimum Gasteiger partial charge on any atom is -0.303 e. The number of aryl methyl sites for hydroxylation is 1. The molecule has 0 aliphatic heterocycles. The van der Waals surface area contributed by atoms with Crippen LogP contribution in [0, 0.1) is 0 Å². The maximum Gasteiger partial charge on any atom is 0.161 e. The predicted molar refractivity (Wildman–Crippen MR) is 75.2 cm³/mol. The smallest absolute Gasteiger partial charge is 0.161 e. The summed E-state index contributed by atoms with van der Waals surface area (Å²) in [6, 6.07) is 5.56. The summed E-state index contributed by atoms with van der Waals surface area (Å²) < 4.78 is 2.09. The van der Waals surface area contributed by atoms with Crippen LogP contribution in [0.4, 0.5) is 0 Å². The maximum absolute atomic E-state index is 11.4. The number of carbonyl (C=O) groups excluding carboxylic acids is 1. The maximum atomic E-state index is 11.4. The summed E-state index contributed by atoms with van der Waals surface area (Å²) in [7, 11) is 0. The minimum atomic E-state index is -0.00999. The first-order valence-corrected chi connectivity index (χ1v) is 6.90. The normalized spacial score (nSPS) is 14.2. The van der Waals surface area contributed by atoms with Crippen LogP contribution < -0.4 is 0 Å². The Morgan fingerprint density at radius 1 is 1.32 bits per heavy atom. The van der Waals surface area contributed by atoms with E-state index in [1.165, 1.54) is 31.2 Å².